The molecule has 2 rings (SSSR count). The molecule has 1 saturated carbocycles. The molecule has 16 heavy (non-hydrogen) atoms. The van der Waals surface area contributed by atoms with Crippen molar-refractivity contribution >= 4 is 31.9 Å². The van der Waals surface area contributed by atoms with E-state index < -0.39 is 0 Å². The van der Waals surface area contributed by atoms with Crippen LogP contribution in [0.1, 0.15) is 24.4 Å². The quantitative estimate of drug-likeness (QED) is 0.905. The van der Waals surface area contributed by atoms with Crippen molar-refractivity contribution in [3.8, 4) is 0 Å². The number of hydrogen-bond donors (Lipinski definition) is 1. The summed E-state index contributed by atoms with van der Waals surface area (Å²) < 4.78 is 2.17. The van der Waals surface area contributed by atoms with Gasteiger partial charge in [-0.1, -0.05) is 6.07 Å². The molecule has 0 amide bonds. The minimum atomic E-state index is 0.330. The molecule has 1 aliphatic rings. The van der Waals surface area contributed by atoms with E-state index in [9.17, 15) is 0 Å². The van der Waals surface area contributed by atoms with Gasteiger partial charge in [0, 0.05) is 27.6 Å². The number of nitrogens with zero attached hydrogens (tertiary/aromatic N) is 1. The van der Waals surface area contributed by atoms with Gasteiger partial charge < -0.3 is 5.73 Å². The average Bonchev–Trinajstić information content (AvgIpc) is 3.07. The molecule has 2 N–H and O–H groups in total. The Morgan fingerprint density at radius 1 is 1.38 bits per heavy atom. The zero-order valence-corrected chi connectivity index (χ0v) is 12.5. The van der Waals surface area contributed by atoms with E-state index in [4.69, 9.17) is 5.73 Å². The van der Waals surface area contributed by atoms with Gasteiger partial charge in [0.1, 0.15) is 0 Å². The Labute approximate surface area is 113 Å². The fraction of sp³-hybridized carbons (Fsp3) is 0.500. The standard InChI is InChI=1S/C12H16Br2N2/c1-16(9-3-4-9)12(7-15)8-2-5-10(13)11(14)6-8/h2,5-6,9,12H,3-4,7,15H2,1H3. The van der Waals surface area contributed by atoms with Gasteiger partial charge >= 0.3 is 0 Å². The molecule has 0 spiro atoms. The molecule has 1 unspecified atom stereocenters. The molecule has 0 saturated heterocycles. The zero-order valence-electron chi connectivity index (χ0n) is 9.29. The molecule has 1 aliphatic carbocycles. The predicted octanol–water partition coefficient (Wildman–Crippen LogP) is 3.31. The topological polar surface area (TPSA) is 29.3 Å². The highest BCUT2D eigenvalue weighted by Gasteiger charge is 2.31. The van der Waals surface area contributed by atoms with E-state index in [0.717, 1.165) is 15.0 Å². The van der Waals surface area contributed by atoms with E-state index >= 15 is 0 Å². The van der Waals surface area contributed by atoms with Crippen molar-refractivity contribution < 1.29 is 0 Å². The van der Waals surface area contributed by atoms with Crippen molar-refractivity contribution in [1.82, 2.24) is 4.90 Å². The first-order valence-corrected chi connectivity index (χ1v) is 7.09. The number of hydrogen-bond acceptors (Lipinski definition) is 2. The van der Waals surface area contributed by atoms with E-state index in [2.05, 4.69) is 62.0 Å². The molecular weight excluding hydrogens is 332 g/mol. The highest BCUT2D eigenvalue weighted by Crippen LogP contribution is 2.34. The number of rotatable bonds is 4. The molecule has 0 aromatic heterocycles. The second-order valence-electron chi connectivity index (χ2n) is 4.32. The summed E-state index contributed by atoms with van der Waals surface area (Å²) in [6.45, 7) is 0.668. The largest absolute Gasteiger partial charge is 0.329 e. The normalized spacial score (nSPS) is 17.8. The Balaban J connectivity index is 2.21. The van der Waals surface area contributed by atoms with Gasteiger partial charge in [-0.15, -0.1) is 0 Å². The summed E-state index contributed by atoms with van der Waals surface area (Å²) >= 11 is 7.03. The van der Waals surface area contributed by atoms with Gasteiger partial charge in [-0.3, -0.25) is 4.90 Å². The van der Waals surface area contributed by atoms with Crippen molar-refractivity contribution in [2.45, 2.75) is 24.9 Å². The smallest absolute Gasteiger partial charge is 0.0470 e. The Morgan fingerprint density at radius 3 is 2.56 bits per heavy atom. The third kappa shape index (κ3) is 2.67. The predicted molar refractivity (Wildman–Crippen MR) is 74.4 cm³/mol. The Bertz CT molecular complexity index is 377. The lowest BCUT2D eigenvalue weighted by molar-refractivity contribution is 0.240. The first-order chi connectivity index (χ1) is 7.63. The number of likely N-dealkylation sites (N-methyl/N-ethyl adjacent to an activating group) is 1. The fourth-order valence-electron chi connectivity index (χ4n) is 1.99. The van der Waals surface area contributed by atoms with Crippen LogP contribution in [0.4, 0.5) is 0 Å². The van der Waals surface area contributed by atoms with Gasteiger partial charge in [0.25, 0.3) is 0 Å². The van der Waals surface area contributed by atoms with Crippen LogP contribution in [0, 0.1) is 0 Å². The lowest BCUT2D eigenvalue weighted by Crippen LogP contribution is -2.32. The second kappa shape index (κ2) is 5.17. The third-order valence-electron chi connectivity index (χ3n) is 3.17. The Kier molecular flexibility index (Phi) is 4.06. The number of nitrogens with two attached hydrogens (primary N) is 1. The van der Waals surface area contributed by atoms with Gasteiger partial charge in [0.15, 0.2) is 0 Å². The van der Waals surface area contributed by atoms with Gasteiger partial charge in [0.05, 0.1) is 0 Å². The molecule has 1 fully saturated rings. The molecule has 0 radical (unpaired) electrons. The van der Waals surface area contributed by atoms with Crippen LogP contribution < -0.4 is 5.73 Å². The molecule has 1 aromatic rings. The minimum absolute atomic E-state index is 0.330. The van der Waals surface area contributed by atoms with Gasteiger partial charge in [-0.05, 0) is 69.4 Å². The van der Waals surface area contributed by atoms with Crippen LogP contribution in [0.3, 0.4) is 0 Å². The summed E-state index contributed by atoms with van der Waals surface area (Å²) in [6.07, 6.45) is 2.62. The van der Waals surface area contributed by atoms with Crippen LogP contribution >= 0.6 is 31.9 Å². The van der Waals surface area contributed by atoms with E-state index in [1.165, 1.54) is 18.4 Å². The van der Waals surface area contributed by atoms with Gasteiger partial charge in [-0.25, -0.2) is 0 Å². The van der Waals surface area contributed by atoms with Crippen LogP contribution in [0.2, 0.25) is 0 Å². The van der Waals surface area contributed by atoms with Crippen molar-refractivity contribution in [1.29, 1.82) is 0 Å². The average molecular weight is 348 g/mol. The van der Waals surface area contributed by atoms with E-state index in [-0.39, 0.29) is 0 Å². The lowest BCUT2D eigenvalue weighted by Gasteiger charge is -2.27. The van der Waals surface area contributed by atoms with Crippen molar-refractivity contribution in [2.24, 2.45) is 5.73 Å². The first-order valence-electron chi connectivity index (χ1n) is 5.50. The number of benzene rings is 1. The second-order valence-corrected chi connectivity index (χ2v) is 6.03. The Hall–Kier alpha value is 0.1000. The summed E-state index contributed by atoms with van der Waals surface area (Å²) in [5, 5.41) is 0. The summed E-state index contributed by atoms with van der Waals surface area (Å²) in [7, 11) is 2.17. The zero-order chi connectivity index (χ0) is 11.7. The molecule has 4 heteroatoms. The molecule has 1 aromatic carbocycles. The molecule has 0 heterocycles. The summed E-state index contributed by atoms with van der Waals surface area (Å²) in [5.41, 5.74) is 7.17. The van der Waals surface area contributed by atoms with Gasteiger partial charge in [0.2, 0.25) is 0 Å². The van der Waals surface area contributed by atoms with Crippen molar-refractivity contribution in [3.05, 3.63) is 32.7 Å². The van der Waals surface area contributed by atoms with Crippen LogP contribution in [-0.4, -0.2) is 24.5 Å². The monoisotopic (exact) mass is 346 g/mol. The molecule has 0 bridgehead atoms. The van der Waals surface area contributed by atoms with Gasteiger partial charge in [-0.2, -0.15) is 0 Å². The molecular formula is C12H16Br2N2. The third-order valence-corrected chi connectivity index (χ3v) is 5.05. The van der Waals surface area contributed by atoms with Crippen molar-refractivity contribution in [2.75, 3.05) is 13.6 Å². The highest BCUT2D eigenvalue weighted by atomic mass is 79.9. The SMILES string of the molecule is CN(C1CC1)C(CN)c1ccc(Br)c(Br)c1. The summed E-state index contributed by atoms with van der Waals surface area (Å²) in [5.74, 6) is 0. The van der Waals surface area contributed by atoms with Crippen LogP contribution in [0.25, 0.3) is 0 Å². The molecule has 1 atom stereocenters. The molecule has 2 nitrogen and oxygen atoms in total. The van der Waals surface area contributed by atoms with Crippen LogP contribution in [-0.2, 0) is 0 Å². The molecule has 88 valence electrons. The maximum Gasteiger partial charge on any atom is 0.0470 e. The summed E-state index contributed by atoms with van der Waals surface area (Å²) in [6, 6.07) is 7.43. The lowest BCUT2D eigenvalue weighted by atomic mass is 10.1. The fourth-order valence-corrected chi connectivity index (χ4v) is 2.64. The van der Waals surface area contributed by atoms with Crippen molar-refractivity contribution in [3.63, 3.8) is 0 Å². The molecule has 0 aliphatic heterocycles. The summed E-state index contributed by atoms with van der Waals surface area (Å²) in [4.78, 5) is 2.40. The number of halogens is 2. The Morgan fingerprint density at radius 2 is 2.06 bits per heavy atom. The van der Waals surface area contributed by atoms with E-state index in [1.54, 1.807) is 0 Å². The maximum atomic E-state index is 5.89. The highest BCUT2D eigenvalue weighted by molar-refractivity contribution is 9.13. The minimum Gasteiger partial charge on any atom is -0.329 e. The van der Waals surface area contributed by atoms with E-state index in [1.807, 2.05) is 0 Å². The van der Waals surface area contributed by atoms with Crippen LogP contribution in [0.15, 0.2) is 27.1 Å². The van der Waals surface area contributed by atoms with Crippen LogP contribution in [0.5, 0.6) is 0 Å². The first kappa shape index (κ1) is 12.6. The maximum absolute atomic E-state index is 5.89. The van der Waals surface area contributed by atoms with E-state index in [0.29, 0.717) is 12.6 Å².